The number of aromatic nitrogens is 1. The molecular weight excluding hydrogens is 248 g/mol. The van der Waals surface area contributed by atoms with E-state index in [0.717, 1.165) is 23.3 Å². The van der Waals surface area contributed by atoms with Crippen molar-refractivity contribution >= 4 is 16.8 Å². The van der Waals surface area contributed by atoms with Gasteiger partial charge in [-0.05, 0) is 43.2 Å². The molecule has 0 spiro atoms. The highest BCUT2D eigenvalue weighted by Gasteiger charge is 2.04. The molecule has 0 aliphatic carbocycles. The molecule has 0 bridgehead atoms. The van der Waals surface area contributed by atoms with Gasteiger partial charge < -0.3 is 9.73 Å². The first kappa shape index (κ1) is 12.7. The molecular formula is C17H18N2O. The summed E-state index contributed by atoms with van der Waals surface area (Å²) in [5, 5.41) is 3.44. The van der Waals surface area contributed by atoms with Crippen molar-refractivity contribution in [3.05, 3.63) is 59.0 Å². The average molecular weight is 266 g/mol. The van der Waals surface area contributed by atoms with Crippen molar-refractivity contribution in [3.63, 3.8) is 0 Å². The molecule has 1 aromatic heterocycles. The van der Waals surface area contributed by atoms with Crippen LogP contribution < -0.4 is 5.32 Å². The first-order valence-electron chi connectivity index (χ1n) is 6.79. The summed E-state index contributed by atoms with van der Waals surface area (Å²) in [5.41, 5.74) is 6.71. The molecule has 3 aromatic rings. The summed E-state index contributed by atoms with van der Waals surface area (Å²) >= 11 is 0. The summed E-state index contributed by atoms with van der Waals surface area (Å²) in [4.78, 5) is 4.35. The summed E-state index contributed by atoms with van der Waals surface area (Å²) in [6, 6.07) is 12.5. The molecule has 20 heavy (non-hydrogen) atoms. The number of rotatable bonds is 3. The van der Waals surface area contributed by atoms with E-state index in [4.69, 9.17) is 4.42 Å². The highest BCUT2D eigenvalue weighted by molar-refractivity contribution is 5.77. The van der Waals surface area contributed by atoms with Gasteiger partial charge in [0.15, 0.2) is 11.5 Å². The Bertz CT molecular complexity index is 759. The lowest BCUT2D eigenvalue weighted by Gasteiger charge is -2.09. The third kappa shape index (κ3) is 2.52. The molecule has 0 saturated carbocycles. The molecule has 0 atom stereocenters. The van der Waals surface area contributed by atoms with Crippen molar-refractivity contribution in [3.8, 4) is 0 Å². The Balaban J connectivity index is 1.79. The fourth-order valence-corrected chi connectivity index (χ4v) is 2.39. The summed E-state index contributed by atoms with van der Waals surface area (Å²) in [7, 11) is 0. The van der Waals surface area contributed by atoms with Gasteiger partial charge in [-0.3, -0.25) is 0 Å². The van der Waals surface area contributed by atoms with Crippen LogP contribution in [0, 0.1) is 20.8 Å². The van der Waals surface area contributed by atoms with E-state index in [1.54, 1.807) is 0 Å². The number of nitrogens with zero attached hydrogens (tertiary/aromatic N) is 1. The minimum Gasteiger partial charge on any atom is -0.441 e. The summed E-state index contributed by atoms with van der Waals surface area (Å²) in [6.45, 7) is 6.94. The van der Waals surface area contributed by atoms with Crippen molar-refractivity contribution in [2.75, 3.05) is 5.32 Å². The summed E-state index contributed by atoms with van der Waals surface area (Å²) in [6.07, 6.45) is 0. The van der Waals surface area contributed by atoms with E-state index in [1.165, 1.54) is 16.7 Å². The first-order chi connectivity index (χ1) is 9.61. The maximum absolute atomic E-state index is 5.48. The monoisotopic (exact) mass is 266 g/mol. The Kier molecular flexibility index (Phi) is 3.18. The lowest BCUT2D eigenvalue weighted by Crippen LogP contribution is -2.01. The highest BCUT2D eigenvalue weighted by atomic mass is 16.3. The van der Waals surface area contributed by atoms with Gasteiger partial charge in [0.05, 0.1) is 0 Å². The first-order valence-corrected chi connectivity index (χ1v) is 6.79. The molecule has 0 fully saturated rings. The number of hydrogen-bond acceptors (Lipinski definition) is 3. The quantitative estimate of drug-likeness (QED) is 0.765. The van der Waals surface area contributed by atoms with Crippen LogP contribution in [-0.2, 0) is 6.54 Å². The molecule has 3 nitrogen and oxygen atoms in total. The summed E-state index contributed by atoms with van der Waals surface area (Å²) < 4.78 is 5.48. The second-order valence-electron chi connectivity index (χ2n) is 5.20. The Labute approximate surface area is 118 Å². The molecule has 102 valence electrons. The zero-order chi connectivity index (χ0) is 14.1. The molecule has 0 amide bonds. The number of fused-ring (bicyclic) bond motifs is 1. The lowest BCUT2D eigenvalue weighted by atomic mass is 10.1. The standard InChI is InChI=1S/C17H18N2O/c1-11-4-5-14(12(2)8-11)10-18-15-6-7-17-16(9-15)19-13(3)20-17/h4-9,18H,10H2,1-3H3. The fraction of sp³-hybridized carbons (Fsp3) is 0.235. The minimum atomic E-state index is 0.700. The van der Waals surface area contributed by atoms with Gasteiger partial charge in [-0.1, -0.05) is 23.8 Å². The molecule has 2 aromatic carbocycles. The van der Waals surface area contributed by atoms with Crippen LogP contribution >= 0.6 is 0 Å². The maximum atomic E-state index is 5.48. The van der Waals surface area contributed by atoms with Crippen LogP contribution in [0.5, 0.6) is 0 Å². The van der Waals surface area contributed by atoms with E-state index >= 15 is 0 Å². The minimum absolute atomic E-state index is 0.700. The van der Waals surface area contributed by atoms with Gasteiger partial charge in [0.25, 0.3) is 0 Å². The van der Waals surface area contributed by atoms with Crippen molar-refractivity contribution in [1.29, 1.82) is 0 Å². The predicted octanol–water partition coefficient (Wildman–Crippen LogP) is 4.37. The second-order valence-corrected chi connectivity index (χ2v) is 5.20. The second kappa shape index (κ2) is 5.00. The summed E-state index contributed by atoms with van der Waals surface area (Å²) in [5.74, 6) is 0.700. The van der Waals surface area contributed by atoms with Crippen LogP contribution in [0.15, 0.2) is 40.8 Å². The van der Waals surface area contributed by atoms with Crippen molar-refractivity contribution in [2.24, 2.45) is 0 Å². The number of aryl methyl sites for hydroxylation is 3. The molecule has 3 heteroatoms. The van der Waals surface area contributed by atoms with Gasteiger partial charge in [-0.15, -0.1) is 0 Å². The zero-order valence-electron chi connectivity index (χ0n) is 12.0. The Morgan fingerprint density at radius 1 is 1.05 bits per heavy atom. The van der Waals surface area contributed by atoms with E-state index in [0.29, 0.717) is 5.89 Å². The Morgan fingerprint density at radius 3 is 2.70 bits per heavy atom. The predicted molar refractivity (Wildman–Crippen MR) is 82.0 cm³/mol. The number of hydrogen-bond donors (Lipinski definition) is 1. The topological polar surface area (TPSA) is 38.1 Å². The molecule has 3 rings (SSSR count). The number of oxazole rings is 1. The normalized spacial score (nSPS) is 10.9. The van der Waals surface area contributed by atoms with E-state index in [1.807, 2.05) is 25.1 Å². The number of anilines is 1. The van der Waals surface area contributed by atoms with Crippen LogP contribution in [0.1, 0.15) is 22.6 Å². The fourth-order valence-electron chi connectivity index (χ4n) is 2.39. The van der Waals surface area contributed by atoms with Gasteiger partial charge >= 0.3 is 0 Å². The molecule has 0 unspecified atom stereocenters. The molecule has 0 aliphatic heterocycles. The van der Waals surface area contributed by atoms with Crippen molar-refractivity contribution in [2.45, 2.75) is 27.3 Å². The van der Waals surface area contributed by atoms with Gasteiger partial charge in [-0.2, -0.15) is 0 Å². The third-order valence-corrected chi connectivity index (χ3v) is 3.48. The lowest BCUT2D eigenvalue weighted by molar-refractivity contribution is 0.561. The van der Waals surface area contributed by atoms with Crippen LogP contribution in [0.25, 0.3) is 11.1 Å². The van der Waals surface area contributed by atoms with Crippen LogP contribution in [0.2, 0.25) is 0 Å². The third-order valence-electron chi connectivity index (χ3n) is 3.48. The number of benzene rings is 2. The molecule has 0 aliphatic rings. The van der Waals surface area contributed by atoms with Gasteiger partial charge in [0, 0.05) is 19.2 Å². The molecule has 1 heterocycles. The SMILES string of the molecule is Cc1ccc(CNc2ccc3oc(C)nc3c2)c(C)c1. The van der Waals surface area contributed by atoms with Gasteiger partial charge in [0.1, 0.15) is 5.52 Å². The smallest absolute Gasteiger partial charge is 0.192 e. The van der Waals surface area contributed by atoms with E-state index in [9.17, 15) is 0 Å². The Morgan fingerprint density at radius 2 is 1.90 bits per heavy atom. The van der Waals surface area contributed by atoms with Crippen LogP contribution in [-0.4, -0.2) is 4.98 Å². The molecule has 1 N–H and O–H groups in total. The van der Waals surface area contributed by atoms with Crippen LogP contribution in [0.3, 0.4) is 0 Å². The molecule has 0 radical (unpaired) electrons. The zero-order valence-corrected chi connectivity index (χ0v) is 12.0. The van der Waals surface area contributed by atoms with Crippen molar-refractivity contribution < 1.29 is 4.42 Å². The maximum Gasteiger partial charge on any atom is 0.192 e. The number of nitrogens with one attached hydrogen (secondary N) is 1. The molecule has 0 saturated heterocycles. The Hall–Kier alpha value is -2.29. The largest absolute Gasteiger partial charge is 0.441 e. The highest BCUT2D eigenvalue weighted by Crippen LogP contribution is 2.20. The van der Waals surface area contributed by atoms with E-state index in [2.05, 4.69) is 42.3 Å². The van der Waals surface area contributed by atoms with E-state index in [-0.39, 0.29) is 0 Å². The van der Waals surface area contributed by atoms with Crippen LogP contribution in [0.4, 0.5) is 5.69 Å². The van der Waals surface area contributed by atoms with E-state index < -0.39 is 0 Å². The average Bonchev–Trinajstić information content (AvgIpc) is 2.77. The van der Waals surface area contributed by atoms with Gasteiger partial charge in [-0.25, -0.2) is 4.98 Å². The van der Waals surface area contributed by atoms with Crippen molar-refractivity contribution in [1.82, 2.24) is 4.98 Å². The van der Waals surface area contributed by atoms with Gasteiger partial charge in [0.2, 0.25) is 0 Å².